The van der Waals surface area contributed by atoms with Crippen LogP contribution in [0.15, 0.2) is 23.8 Å². The number of methoxy groups -OCH3 is 1. The van der Waals surface area contributed by atoms with Crippen LogP contribution in [0.25, 0.3) is 0 Å². The fourth-order valence-corrected chi connectivity index (χ4v) is 11.3. The third kappa shape index (κ3) is 3.38. The van der Waals surface area contributed by atoms with Crippen LogP contribution in [0.1, 0.15) is 106 Å². The van der Waals surface area contributed by atoms with E-state index in [0.717, 1.165) is 44.9 Å². The van der Waals surface area contributed by atoms with Gasteiger partial charge >= 0.3 is 11.9 Å². The number of fused-ring (bicyclic) bond motifs is 7. The van der Waals surface area contributed by atoms with Crippen molar-refractivity contribution >= 4 is 11.9 Å². The molecule has 0 radical (unpaired) electrons. The van der Waals surface area contributed by atoms with Crippen LogP contribution >= 0.6 is 0 Å². The van der Waals surface area contributed by atoms with Crippen molar-refractivity contribution in [3.63, 3.8) is 0 Å². The van der Waals surface area contributed by atoms with Crippen molar-refractivity contribution in [1.82, 2.24) is 0 Å². The predicted octanol–water partition coefficient (Wildman–Crippen LogP) is 7.67. The number of ether oxygens (including phenoxy) is 2. The van der Waals surface area contributed by atoms with Crippen LogP contribution in [0.4, 0.5) is 0 Å². The summed E-state index contributed by atoms with van der Waals surface area (Å²) in [5, 5.41) is 0. The van der Waals surface area contributed by atoms with Gasteiger partial charge in [0.25, 0.3) is 0 Å². The Bertz CT molecular complexity index is 1040. The summed E-state index contributed by atoms with van der Waals surface area (Å²) in [6, 6.07) is 0. The van der Waals surface area contributed by atoms with E-state index in [4.69, 9.17) is 9.47 Å². The van der Waals surface area contributed by atoms with E-state index in [1.54, 1.807) is 19.6 Å². The summed E-state index contributed by atoms with van der Waals surface area (Å²) in [5.74, 6) is 1.53. The molecule has 4 heteroatoms. The molecule has 5 aliphatic rings. The average molecular weight is 511 g/mol. The quantitative estimate of drug-likeness (QED) is 0.289. The standard InChI is InChI=1S/C33H50O4/c1-20(2)22-12-17-33(28(35)36-9)19-18-31(7)23(27(22)33)10-11-25-30(6)15-14-26(37-21(3)34)29(4,5)24(30)13-16-32(25,31)8/h10,22,24-27H,1,11-19H2,2-9H3/t22-,24-,25+,26-,27-,30-,31+,32+,33-/m0/s1. The van der Waals surface area contributed by atoms with Crippen molar-refractivity contribution in [2.75, 3.05) is 7.11 Å². The van der Waals surface area contributed by atoms with Crippen LogP contribution in [0.3, 0.4) is 0 Å². The fraction of sp³-hybridized carbons (Fsp3) is 0.818. The molecule has 4 nitrogen and oxygen atoms in total. The Morgan fingerprint density at radius 3 is 2.24 bits per heavy atom. The minimum atomic E-state index is -0.391. The molecule has 4 fully saturated rings. The number of rotatable bonds is 3. The highest BCUT2D eigenvalue weighted by Crippen LogP contribution is 2.76. The third-order valence-corrected chi connectivity index (χ3v) is 13.3. The highest BCUT2D eigenvalue weighted by atomic mass is 16.5. The van der Waals surface area contributed by atoms with Crippen LogP contribution in [0, 0.1) is 50.7 Å². The monoisotopic (exact) mass is 510 g/mol. The highest BCUT2D eigenvalue weighted by Gasteiger charge is 2.70. The number of carbonyl (C=O) groups excluding carboxylic acids is 2. The number of carbonyl (C=O) groups is 2. The molecule has 0 spiro atoms. The zero-order valence-electron chi connectivity index (χ0n) is 24.7. The molecule has 0 saturated heterocycles. The van der Waals surface area contributed by atoms with Gasteiger partial charge in [-0.15, -0.1) is 0 Å². The number of esters is 2. The van der Waals surface area contributed by atoms with Crippen LogP contribution in [0.5, 0.6) is 0 Å². The van der Waals surface area contributed by atoms with E-state index in [1.165, 1.54) is 18.4 Å². The highest BCUT2D eigenvalue weighted by molar-refractivity contribution is 5.79. The van der Waals surface area contributed by atoms with Gasteiger partial charge in [0, 0.05) is 18.3 Å². The molecule has 206 valence electrons. The second kappa shape index (κ2) is 8.46. The first-order valence-electron chi connectivity index (χ1n) is 14.8. The molecule has 0 unspecified atom stereocenters. The summed E-state index contributed by atoms with van der Waals surface area (Å²) in [5.41, 5.74) is 2.79. The van der Waals surface area contributed by atoms with Gasteiger partial charge in [0.1, 0.15) is 6.10 Å². The summed E-state index contributed by atoms with van der Waals surface area (Å²) < 4.78 is 11.4. The van der Waals surface area contributed by atoms with Gasteiger partial charge in [0.15, 0.2) is 0 Å². The second-order valence-electron chi connectivity index (χ2n) is 14.9. The Labute approximate surface area is 225 Å². The van der Waals surface area contributed by atoms with Crippen LogP contribution in [-0.2, 0) is 19.1 Å². The molecule has 5 rings (SSSR count). The van der Waals surface area contributed by atoms with Gasteiger partial charge < -0.3 is 9.47 Å². The lowest BCUT2D eigenvalue weighted by Gasteiger charge is -2.70. The molecule has 0 amide bonds. The van der Waals surface area contributed by atoms with E-state index in [0.29, 0.717) is 17.8 Å². The molecule has 37 heavy (non-hydrogen) atoms. The van der Waals surface area contributed by atoms with E-state index in [1.807, 2.05) is 0 Å². The van der Waals surface area contributed by atoms with Crippen LogP contribution in [0.2, 0.25) is 0 Å². The van der Waals surface area contributed by atoms with Gasteiger partial charge in [-0.3, -0.25) is 9.59 Å². The maximum Gasteiger partial charge on any atom is 0.312 e. The van der Waals surface area contributed by atoms with Gasteiger partial charge in [-0.2, -0.15) is 0 Å². The van der Waals surface area contributed by atoms with Gasteiger partial charge in [0.05, 0.1) is 12.5 Å². The fourth-order valence-electron chi connectivity index (χ4n) is 11.3. The van der Waals surface area contributed by atoms with Gasteiger partial charge in [-0.25, -0.2) is 0 Å². The smallest absolute Gasteiger partial charge is 0.312 e. The van der Waals surface area contributed by atoms with Crippen molar-refractivity contribution in [2.45, 2.75) is 112 Å². The minimum absolute atomic E-state index is 0.00214. The van der Waals surface area contributed by atoms with Crippen molar-refractivity contribution in [3.8, 4) is 0 Å². The molecule has 0 N–H and O–H groups in total. The zero-order valence-corrected chi connectivity index (χ0v) is 24.7. The maximum atomic E-state index is 13.4. The molecule has 5 aliphatic carbocycles. The molecular weight excluding hydrogens is 460 g/mol. The first-order chi connectivity index (χ1) is 17.2. The van der Waals surface area contributed by atoms with Gasteiger partial charge in [-0.05, 0) is 98.7 Å². The van der Waals surface area contributed by atoms with Crippen LogP contribution < -0.4 is 0 Å². The average Bonchev–Trinajstić information content (AvgIpc) is 3.22. The van der Waals surface area contributed by atoms with Gasteiger partial charge in [0.2, 0.25) is 0 Å². The molecule has 0 aromatic heterocycles. The lowest BCUT2D eigenvalue weighted by molar-refractivity contribution is -0.211. The maximum absolute atomic E-state index is 13.4. The second-order valence-corrected chi connectivity index (χ2v) is 14.9. The van der Waals surface area contributed by atoms with E-state index in [-0.39, 0.29) is 45.6 Å². The van der Waals surface area contributed by atoms with Crippen molar-refractivity contribution in [1.29, 1.82) is 0 Å². The SMILES string of the molecule is C=C(C)[C@@H]1CC[C@]2(C(=O)OC)CC[C@]3(C)C(=CC[C@@H]4[C@@]5(C)CC[C@H](OC(C)=O)C(C)(C)[C@@H]5CC[C@]43C)[C@H]12. The van der Waals surface area contributed by atoms with Crippen LogP contribution in [-0.4, -0.2) is 25.2 Å². The minimum Gasteiger partial charge on any atom is -0.469 e. The Balaban J connectivity index is 1.57. The van der Waals surface area contributed by atoms with Crippen molar-refractivity contribution < 1.29 is 19.1 Å². The summed E-state index contributed by atoms with van der Waals surface area (Å²) >= 11 is 0. The molecule has 4 saturated carbocycles. The normalized spacial score (nSPS) is 47.9. The van der Waals surface area contributed by atoms with E-state index in [2.05, 4.69) is 54.2 Å². The van der Waals surface area contributed by atoms with E-state index < -0.39 is 5.41 Å². The molecular formula is C33H50O4. The molecule has 0 heterocycles. The predicted molar refractivity (Wildman–Crippen MR) is 147 cm³/mol. The van der Waals surface area contributed by atoms with E-state index >= 15 is 0 Å². The summed E-state index contributed by atoms with van der Waals surface area (Å²) in [7, 11) is 1.57. The summed E-state index contributed by atoms with van der Waals surface area (Å²) in [4.78, 5) is 25.3. The summed E-state index contributed by atoms with van der Waals surface area (Å²) in [6.45, 7) is 20.5. The Morgan fingerprint density at radius 2 is 1.62 bits per heavy atom. The number of hydrogen-bond acceptors (Lipinski definition) is 4. The largest absolute Gasteiger partial charge is 0.469 e. The number of hydrogen-bond donors (Lipinski definition) is 0. The Kier molecular flexibility index (Phi) is 6.17. The molecule has 0 bridgehead atoms. The van der Waals surface area contributed by atoms with Crippen molar-refractivity contribution in [3.05, 3.63) is 23.8 Å². The molecule has 0 aliphatic heterocycles. The number of allylic oxidation sites excluding steroid dienone is 3. The summed E-state index contributed by atoms with van der Waals surface area (Å²) in [6.07, 6.45) is 12.0. The third-order valence-electron chi connectivity index (χ3n) is 13.3. The van der Waals surface area contributed by atoms with Crippen molar-refractivity contribution in [2.24, 2.45) is 50.7 Å². The molecule has 0 aromatic rings. The van der Waals surface area contributed by atoms with Gasteiger partial charge in [-0.1, -0.05) is 58.4 Å². The Morgan fingerprint density at radius 1 is 0.919 bits per heavy atom. The first-order valence-corrected chi connectivity index (χ1v) is 14.8. The van der Waals surface area contributed by atoms with E-state index in [9.17, 15) is 9.59 Å². The Hall–Kier alpha value is -1.58. The molecule has 9 atom stereocenters. The zero-order chi connectivity index (χ0) is 27.2. The lowest BCUT2D eigenvalue weighted by atomic mass is 9.34. The lowest BCUT2D eigenvalue weighted by Crippen LogP contribution is -2.64. The first kappa shape index (κ1) is 27.0. The topological polar surface area (TPSA) is 52.6 Å². The molecule has 0 aromatic carbocycles.